The molecule has 2 aliphatic heterocycles. The molecule has 1 aromatic carbocycles. The Labute approximate surface area is 130 Å². The molecule has 1 N–H and O–H groups in total. The Balaban J connectivity index is 1.61. The van der Waals surface area contributed by atoms with Gasteiger partial charge in [0.2, 0.25) is 5.91 Å². The molecule has 0 spiro atoms. The van der Waals surface area contributed by atoms with Gasteiger partial charge in [-0.3, -0.25) is 4.79 Å². The number of nitrogens with zero attached hydrogens (tertiary/aromatic N) is 3. The summed E-state index contributed by atoms with van der Waals surface area (Å²) in [6, 6.07) is 6.46. The van der Waals surface area contributed by atoms with Crippen LogP contribution in [0.5, 0.6) is 0 Å². The number of amides is 1. The second kappa shape index (κ2) is 5.48. The highest BCUT2D eigenvalue weighted by Gasteiger charge is 2.24. The molecule has 2 aromatic rings. The highest BCUT2D eigenvalue weighted by molar-refractivity contribution is 5.94. The lowest BCUT2D eigenvalue weighted by Gasteiger charge is -2.28. The van der Waals surface area contributed by atoms with E-state index in [4.69, 9.17) is 0 Å². The van der Waals surface area contributed by atoms with E-state index in [9.17, 15) is 4.79 Å². The summed E-state index contributed by atoms with van der Waals surface area (Å²) in [4.78, 5) is 23.7. The number of imidazole rings is 1. The fourth-order valence-corrected chi connectivity index (χ4v) is 3.42. The fourth-order valence-electron chi connectivity index (χ4n) is 3.42. The molecule has 5 nitrogen and oxygen atoms in total. The van der Waals surface area contributed by atoms with Crippen LogP contribution >= 0.6 is 0 Å². The average molecular weight is 296 g/mol. The lowest BCUT2D eigenvalue weighted by atomic mass is 10.1. The number of nitrogens with one attached hydrogen (secondary N) is 1. The van der Waals surface area contributed by atoms with Gasteiger partial charge in [0.1, 0.15) is 0 Å². The molecule has 1 amide bonds. The summed E-state index contributed by atoms with van der Waals surface area (Å²) in [5.74, 6) is 0.254. The molecule has 3 heterocycles. The van der Waals surface area contributed by atoms with Crippen molar-refractivity contribution < 1.29 is 4.79 Å². The number of hydrogen-bond acceptors (Lipinski definition) is 3. The van der Waals surface area contributed by atoms with Crippen LogP contribution in [0.25, 0.3) is 0 Å². The SMILES string of the molecule is O=C1CCCCN1c1ccc2c(c1)N(Cc1cnc[nH]1)CC2. The number of carbonyl (C=O) groups is 1. The van der Waals surface area contributed by atoms with E-state index in [1.165, 1.54) is 11.3 Å². The van der Waals surface area contributed by atoms with E-state index in [-0.39, 0.29) is 5.91 Å². The van der Waals surface area contributed by atoms with Crippen molar-refractivity contribution in [1.82, 2.24) is 9.97 Å². The van der Waals surface area contributed by atoms with E-state index in [0.717, 1.165) is 50.3 Å². The number of rotatable bonds is 3. The number of aromatic nitrogens is 2. The molecule has 0 unspecified atom stereocenters. The Morgan fingerprint density at radius 1 is 1.18 bits per heavy atom. The van der Waals surface area contributed by atoms with E-state index < -0.39 is 0 Å². The first-order valence-electron chi connectivity index (χ1n) is 7.97. The second-order valence-corrected chi connectivity index (χ2v) is 6.06. The smallest absolute Gasteiger partial charge is 0.226 e. The van der Waals surface area contributed by atoms with Crippen LogP contribution < -0.4 is 9.80 Å². The maximum absolute atomic E-state index is 12.1. The third kappa shape index (κ3) is 2.36. The highest BCUT2D eigenvalue weighted by atomic mass is 16.2. The molecule has 5 heteroatoms. The van der Waals surface area contributed by atoms with Crippen LogP contribution in [-0.2, 0) is 17.8 Å². The number of benzene rings is 1. The minimum absolute atomic E-state index is 0.254. The van der Waals surface area contributed by atoms with Crippen LogP contribution in [0.15, 0.2) is 30.7 Å². The third-order valence-electron chi connectivity index (χ3n) is 4.61. The van der Waals surface area contributed by atoms with Gasteiger partial charge in [0.05, 0.1) is 18.6 Å². The highest BCUT2D eigenvalue weighted by Crippen LogP contribution is 2.34. The summed E-state index contributed by atoms with van der Waals surface area (Å²) >= 11 is 0. The number of anilines is 2. The average Bonchev–Trinajstić information content (AvgIpc) is 3.18. The topological polar surface area (TPSA) is 52.2 Å². The summed E-state index contributed by atoms with van der Waals surface area (Å²) < 4.78 is 0. The molecule has 0 atom stereocenters. The van der Waals surface area contributed by atoms with E-state index in [0.29, 0.717) is 6.42 Å². The van der Waals surface area contributed by atoms with Crippen molar-refractivity contribution in [2.45, 2.75) is 32.2 Å². The van der Waals surface area contributed by atoms with Gasteiger partial charge in [-0.25, -0.2) is 4.98 Å². The molecule has 1 aromatic heterocycles. The molecule has 0 radical (unpaired) electrons. The van der Waals surface area contributed by atoms with Crippen molar-refractivity contribution in [1.29, 1.82) is 0 Å². The monoisotopic (exact) mass is 296 g/mol. The van der Waals surface area contributed by atoms with Crippen molar-refractivity contribution in [2.24, 2.45) is 0 Å². The van der Waals surface area contributed by atoms with Gasteiger partial charge >= 0.3 is 0 Å². The molecule has 0 bridgehead atoms. The summed E-state index contributed by atoms with van der Waals surface area (Å²) in [7, 11) is 0. The molecule has 114 valence electrons. The van der Waals surface area contributed by atoms with Crippen molar-refractivity contribution >= 4 is 17.3 Å². The maximum atomic E-state index is 12.1. The van der Waals surface area contributed by atoms with Gasteiger partial charge in [0.15, 0.2) is 0 Å². The summed E-state index contributed by atoms with van der Waals surface area (Å²) in [6.45, 7) is 2.70. The van der Waals surface area contributed by atoms with E-state index in [1.54, 1.807) is 6.33 Å². The summed E-state index contributed by atoms with van der Waals surface area (Å²) in [5.41, 5.74) is 4.78. The zero-order valence-electron chi connectivity index (χ0n) is 12.6. The largest absolute Gasteiger partial charge is 0.365 e. The summed E-state index contributed by atoms with van der Waals surface area (Å²) in [6.07, 6.45) is 7.45. The zero-order valence-corrected chi connectivity index (χ0v) is 12.6. The molecule has 4 rings (SSSR count). The van der Waals surface area contributed by atoms with E-state index in [1.807, 2.05) is 11.1 Å². The Kier molecular flexibility index (Phi) is 3.33. The first kappa shape index (κ1) is 13.4. The van der Waals surface area contributed by atoms with Crippen molar-refractivity contribution in [2.75, 3.05) is 22.9 Å². The van der Waals surface area contributed by atoms with Crippen LogP contribution in [-0.4, -0.2) is 29.0 Å². The zero-order chi connectivity index (χ0) is 14.9. The van der Waals surface area contributed by atoms with Gasteiger partial charge in [0, 0.05) is 37.1 Å². The fraction of sp³-hybridized carbons (Fsp3) is 0.412. The van der Waals surface area contributed by atoms with Crippen LogP contribution in [0.2, 0.25) is 0 Å². The Bertz CT molecular complexity index is 680. The standard InChI is InChI=1S/C17H20N4O/c22-17-3-1-2-7-21(17)15-5-4-13-6-8-20(16(13)9-15)11-14-10-18-12-19-14/h4-5,9-10,12H,1-3,6-8,11H2,(H,18,19). The normalized spacial score (nSPS) is 17.9. The first-order chi connectivity index (χ1) is 10.8. The number of hydrogen-bond donors (Lipinski definition) is 1. The Morgan fingerprint density at radius 2 is 2.14 bits per heavy atom. The van der Waals surface area contributed by atoms with Crippen molar-refractivity contribution in [3.8, 4) is 0 Å². The molecule has 0 aliphatic carbocycles. The molecule has 22 heavy (non-hydrogen) atoms. The number of carbonyl (C=O) groups excluding carboxylic acids is 1. The van der Waals surface area contributed by atoms with Gasteiger partial charge < -0.3 is 14.8 Å². The van der Waals surface area contributed by atoms with Crippen molar-refractivity contribution in [3.05, 3.63) is 42.0 Å². The lowest BCUT2D eigenvalue weighted by molar-refractivity contribution is -0.119. The molecule has 1 saturated heterocycles. The van der Waals surface area contributed by atoms with Gasteiger partial charge in [-0.2, -0.15) is 0 Å². The molecule has 1 fully saturated rings. The minimum atomic E-state index is 0.254. The second-order valence-electron chi connectivity index (χ2n) is 6.06. The minimum Gasteiger partial charge on any atom is -0.365 e. The lowest BCUT2D eigenvalue weighted by Crippen LogP contribution is -2.35. The molecular weight excluding hydrogens is 276 g/mol. The molecule has 2 aliphatic rings. The van der Waals surface area contributed by atoms with Gasteiger partial charge in [-0.1, -0.05) is 6.07 Å². The quantitative estimate of drug-likeness (QED) is 0.946. The van der Waals surface area contributed by atoms with Gasteiger partial charge in [-0.15, -0.1) is 0 Å². The molecular formula is C17H20N4O. The third-order valence-corrected chi connectivity index (χ3v) is 4.61. The number of H-pyrrole nitrogens is 1. The first-order valence-corrected chi connectivity index (χ1v) is 7.97. The van der Waals surface area contributed by atoms with Gasteiger partial charge in [0.25, 0.3) is 0 Å². The van der Waals surface area contributed by atoms with Crippen LogP contribution in [0.1, 0.15) is 30.5 Å². The van der Waals surface area contributed by atoms with Crippen LogP contribution in [0, 0.1) is 0 Å². The molecule has 0 saturated carbocycles. The number of aromatic amines is 1. The predicted octanol–water partition coefficient (Wildman–Crippen LogP) is 2.49. The van der Waals surface area contributed by atoms with Crippen LogP contribution in [0.3, 0.4) is 0 Å². The summed E-state index contributed by atoms with van der Waals surface area (Å²) in [5, 5.41) is 0. The van der Waals surface area contributed by atoms with E-state index in [2.05, 4.69) is 33.1 Å². The predicted molar refractivity (Wildman–Crippen MR) is 86.0 cm³/mol. The van der Waals surface area contributed by atoms with Crippen LogP contribution in [0.4, 0.5) is 11.4 Å². The van der Waals surface area contributed by atoms with Gasteiger partial charge in [-0.05, 0) is 37.0 Å². The Hall–Kier alpha value is -2.30. The number of fused-ring (bicyclic) bond motifs is 1. The Morgan fingerprint density at radius 3 is 2.95 bits per heavy atom. The number of piperidine rings is 1. The maximum Gasteiger partial charge on any atom is 0.226 e. The van der Waals surface area contributed by atoms with Crippen molar-refractivity contribution in [3.63, 3.8) is 0 Å². The van der Waals surface area contributed by atoms with E-state index >= 15 is 0 Å².